The number of ether oxygens (including phenoxy) is 1. The summed E-state index contributed by atoms with van der Waals surface area (Å²) in [4.78, 5) is 10.4. The Balaban J connectivity index is 2.41. The van der Waals surface area contributed by atoms with Crippen LogP contribution in [0.1, 0.15) is 5.56 Å². The van der Waals surface area contributed by atoms with E-state index in [0.29, 0.717) is 30.1 Å². The number of rotatable bonds is 6. The van der Waals surface area contributed by atoms with Crippen LogP contribution in [0.15, 0.2) is 12.1 Å². The molecule has 6 heteroatoms. The van der Waals surface area contributed by atoms with Crippen LogP contribution in [-0.2, 0) is 9.53 Å². The molecule has 0 aliphatic heterocycles. The third-order valence-corrected chi connectivity index (χ3v) is 2.14. The number of nitrogens with one attached hydrogen (secondary N) is 1. The van der Waals surface area contributed by atoms with E-state index in [9.17, 15) is 9.18 Å². The normalized spacial score (nSPS) is 10.2. The zero-order chi connectivity index (χ0) is 12.8. The highest BCUT2D eigenvalue weighted by Gasteiger charge is 2.04. The molecule has 0 aliphatic rings. The Morgan fingerprint density at radius 3 is 2.88 bits per heavy atom. The molecule has 0 fully saturated rings. The molecule has 0 atom stereocenters. The maximum absolute atomic E-state index is 13.1. The number of carbonyl (C=O) groups excluding carboxylic acids is 1. The van der Waals surface area contributed by atoms with E-state index in [4.69, 9.17) is 16.2 Å². The Bertz CT molecular complexity index is 410. The van der Waals surface area contributed by atoms with Crippen LogP contribution in [0.25, 0.3) is 0 Å². The number of hydrogen-bond acceptors (Lipinski definition) is 4. The molecule has 1 amide bonds. The van der Waals surface area contributed by atoms with Gasteiger partial charge in [0.2, 0.25) is 5.91 Å². The standard InChI is InChI=1S/C11H16FN3O2/c1-7-4-10(9(13)5-8(7)12)15-2-3-17-6-11(14)16/h4-5,15H,2-3,6,13H2,1H3,(H2,14,16). The lowest BCUT2D eigenvalue weighted by atomic mass is 10.2. The lowest BCUT2D eigenvalue weighted by Gasteiger charge is -2.10. The molecule has 0 spiro atoms. The van der Waals surface area contributed by atoms with Gasteiger partial charge in [0.15, 0.2) is 0 Å². The van der Waals surface area contributed by atoms with Crippen molar-refractivity contribution in [3.8, 4) is 0 Å². The lowest BCUT2D eigenvalue weighted by molar-refractivity contribution is -0.122. The minimum atomic E-state index is -0.512. The highest BCUT2D eigenvalue weighted by atomic mass is 19.1. The van der Waals surface area contributed by atoms with Gasteiger partial charge in [-0.25, -0.2) is 4.39 Å². The molecule has 0 saturated heterocycles. The van der Waals surface area contributed by atoms with Crippen LogP contribution in [0.3, 0.4) is 0 Å². The zero-order valence-corrected chi connectivity index (χ0v) is 9.63. The fraction of sp³-hybridized carbons (Fsp3) is 0.364. The van der Waals surface area contributed by atoms with Gasteiger partial charge in [0, 0.05) is 6.54 Å². The van der Waals surface area contributed by atoms with Crippen molar-refractivity contribution in [2.75, 3.05) is 30.8 Å². The molecule has 17 heavy (non-hydrogen) atoms. The molecule has 0 aromatic heterocycles. The predicted molar refractivity (Wildman–Crippen MR) is 64.1 cm³/mol. The van der Waals surface area contributed by atoms with Gasteiger partial charge in [-0.1, -0.05) is 0 Å². The molecule has 5 nitrogen and oxygen atoms in total. The first-order valence-corrected chi connectivity index (χ1v) is 5.16. The third-order valence-electron chi connectivity index (χ3n) is 2.14. The van der Waals surface area contributed by atoms with Crippen molar-refractivity contribution in [2.45, 2.75) is 6.92 Å². The Kier molecular flexibility index (Phi) is 4.71. The number of primary amides is 1. The third kappa shape index (κ3) is 4.28. The average Bonchev–Trinajstić information content (AvgIpc) is 2.24. The van der Waals surface area contributed by atoms with Crippen LogP contribution in [0.5, 0.6) is 0 Å². The van der Waals surface area contributed by atoms with E-state index in [0.717, 1.165) is 0 Å². The largest absolute Gasteiger partial charge is 0.397 e. The van der Waals surface area contributed by atoms with E-state index in [1.807, 2.05) is 0 Å². The number of amides is 1. The van der Waals surface area contributed by atoms with E-state index >= 15 is 0 Å². The lowest BCUT2D eigenvalue weighted by Crippen LogP contribution is -2.20. The molecule has 0 bridgehead atoms. The van der Waals surface area contributed by atoms with Gasteiger partial charge in [-0.15, -0.1) is 0 Å². The highest BCUT2D eigenvalue weighted by Crippen LogP contribution is 2.22. The summed E-state index contributed by atoms with van der Waals surface area (Å²) in [5.74, 6) is -0.847. The SMILES string of the molecule is Cc1cc(NCCOCC(N)=O)c(N)cc1F. The molecular weight excluding hydrogens is 225 g/mol. The number of halogens is 1. The molecule has 0 radical (unpaired) electrons. The van der Waals surface area contributed by atoms with Crippen molar-refractivity contribution >= 4 is 17.3 Å². The topological polar surface area (TPSA) is 90.4 Å². The van der Waals surface area contributed by atoms with Crippen molar-refractivity contribution in [3.63, 3.8) is 0 Å². The fourth-order valence-electron chi connectivity index (χ4n) is 1.28. The fourth-order valence-corrected chi connectivity index (χ4v) is 1.28. The zero-order valence-electron chi connectivity index (χ0n) is 9.63. The van der Waals surface area contributed by atoms with E-state index in [2.05, 4.69) is 5.32 Å². The van der Waals surface area contributed by atoms with Crippen LogP contribution >= 0.6 is 0 Å². The Morgan fingerprint density at radius 1 is 1.53 bits per heavy atom. The first kappa shape index (κ1) is 13.2. The summed E-state index contributed by atoms with van der Waals surface area (Å²) < 4.78 is 18.1. The maximum atomic E-state index is 13.1. The molecule has 0 unspecified atom stereocenters. The van der Waals surface area contributed by atoms with E-state index in [1.165, 1.54) is 6.07 Å². The molecule has 0 heterocycles. The average molecular weight is 241 g/mol. The number of hydrogen-bond donors (Lipinski definition) is 3. The number of nitrogen functional groups attached to an aromatic ring is 1. The number of aryl methyl sites for hydroxylation is 1. The molecule has 1 aromatic rings. The van der Waals surface area contributed by atoms with Gasteiger partial charge < -0.3 is 21.5 Å². The second-order valence-electron chi connectivity index (χ2n) is 3.63. The number of nitrogens with two attached hydrogens (primary N) is 2. The van der Waals surface area contributed by atoms with Crippen LogP contribution in [0, 0.1) is 12.7 Å². The van der Waals surface area contributed by atoms with Crippen LogP contribution in [0.2, 0.25) is 0 Å². The minimum absolute atomic E-state index is 0.112. The summed E-state index contributed by atoms with van der Waals surface area (Å²) in [6.45, 7) is 2.32. The number of carbonyl (C=O) groups is 1. The Hall–Kier alpha value is -1.82. The first-order chi connectivity index (χ1) is 8.00. The summed E-state index contributed by atoms with van der Waals surface area (Å²) in [5, 5.41) is 2.99. The van der Waals surface area contributed by atoms with Crippen LogP contribution in [-0.4, -0.2) is 25.7 Å². The van der Waals surface area contributed by atoms with Gasteiger partial charge in [-0.3, -0.25) is 4.79 Å². The monoisotopic (exact) mass is 241 g/mol. The molecule has 0 aliphatic carbocycles. The van der Waals surface area contributed by atoms with Gasteiger partial charge in [0.25, 0.3) is 0 Å². The second-order valence-corrected chi connectivity index (χ2v) is 3.63. The van der Waals surface area contributed by atoms with E-state index in [1.54, 1.807) is 13.0 Å². The maximum Gasteiger partial charge on any atom is 0.243 e. The molecule has 0 saturated carbocycles. The van der Waals surface area contributed by atoms with Crippen LogP contribution in [0.4, 0.5) is 15.8 Å². The predicted octanol–water partition coefficient (Wildman–Crippen LogP) is 0.630. The molecule has 1 rings (SSSR count). The molecule has 94 valence electrons. The van der Waals surface area contributed by atoms with Crippen molar-refractivity contribution in [1.29, 1.82) is 0 Å². The molecule has 1 aromatic carbocycles. The Morgan fingerprint density at radius 2 is 2.24 bits per heavy atom. The summed E-state index contributed by atoms with van der Waals surface area (Å²) in [6, 6.07) is 2.89. The van der Waals surface area contributed by atoms with Gasteiger partial charge in [0.1, 0.15) is 12.4 Å². The minimum Gasteiger partial charge on any atom is -0.397 e. The van der Waals surface area contributed by atoms with Gasteiger partial charge in [-0.05, 0) is 24.6 Å². The first-order valence-electron chi connectivity index (χ1n) is 5.16. The smallest absolute Gasteiger partial charge is 0.243 e. The highest BCUT2D eigenvalue weighted by molar-refractivity contribution is 5.75. The summed E-state index contributed by atoms with van der Waals surface area (Å²) in [6.07, 6.45) is 0. The van der Waals surface area contributed by atoms with Gasteiger partial charge in [0.05, 0.1) is 18.0 Å². The van der Waals surface area contributed by atoms with Crippen molar-refractivity contribution in [3.05, 3.63) is 23.5 Å². The van der Waals surface area contributed by atoms with Gasteiger partial charge in [-0.2, -0.15) is 0 Å². The number of benzene rings is 1. The van der Waals surface area contributed by atoms with Gasteiger partial charge >= 0.3 is 0 Å². The van der Waals surface area contributed by atoms with Crippen molar-refractivity contribution < 1.29 is 13.9 Å². The molecule has 5 N–H and O–H groups in total. The number of anilines is 2. The van der Waals surface area contributed by atoms with Crippen LogP contribution < -0.4 is 16.8 Å². The van der Waals surface area contributed by atoms with E-state index < -0.39 is 5.91 Å². The summed E-state index contributed by atoms with van der Waals surface area (Å²) >= 11 is 0. The quantitative estimate of drug-likeness (QED) is 0.503. The summed E-state index contributed by atoms with van der Waals surface area (Å²) in [7, 11) is 0. The molecular formula is C11H16FN3O2. The second kappa shape index (κ2) is 6.05. The van der Waals surface area contributed by atoms with Crippen molar-refractivity contribution in [2.24, 2.45) is 5.73 Å². The Labute approximate surface area is 98.9 Å². The van der Waals surface area contributed by atoms with E-state index in [-0.39, 0.29) is 12.4 Å². The van der Waals surface area contributed by atoms with Crippen molar-refractivity contribution in [1.82, 2.24) is 0 Å². The summed E-state index contributed by atoms with van der Waals surface area (Å²) in [5.41, 5.74) is 12.0.